The lowest BCUT2D eigenvalue weighted by molar-refractivity contribution is -0.385. The molecule has 2 aromatic rings. The minimum atomic E-state index is -0.421. The predicted octanol–water partition coefficient (Wildman–Crippen LogP) is 2.19. The predicted molar refractivity (Wildman–Crippen MR) is 103 cm³/mol. The van der Waals surface area contributed by atoms with E-state index in [4.69, 9.17) is 4.74 Å². The van der Waals surface area contributed by atoms with E-state index in [2.05, 4.69) is 25.5 Å². The molecule has 1 atom stereocenters. The molecule has 1 aliphatic heterocycles. The van der Waals surface area contributed by atoms with Crippen LogP contribution in [-0.2, 0) is 6.54 Å². The number of rotatable bonds is 8. The summed E-state index contributed by atoms with van der Waals surface area (Å²) in [6.45, 7) is 2.29. The van der Waals surface area contributed by atoms with E-state index < -0.39 is 4.92 Å². The molecule has 9 heteroatoms. The molecule has 1 unspecified atom stereocenters. The normalized spacial score (nSPS) is 16.4. The first kappa shape index (κ1) is 18.8. The second-order valence-corrected chi connectivity index (χ2v) is 6.40. The molecule has 3 rings (SSSR count). The first-order chi connectivity index (χ1) is 13.1. The zero-order chi connectivity index (χ0) is 19.2. The number of ether oxygens (including phenoxy) is 1. The quantitative estimate of drug-likeness (QED) is 0.537. The molecule has 0 saturated carbocycles. The molecule has 0 radical (unpaired) electrons. The average Bonchev–Trinajstić information content (AvgIpc) is 3.16. The van der Waals surface area contributed by atoms with E-state index in [1.54, 1.807) is 18.5 Å². The molecule has 0 aliphatic carbocycles. The third-order valence-electron chi connectivity index (χ3n) is 4.73. The van der Waals surface area contributed by atoms with Gasteiger partial charge in [0.05, 0.1) is 12.0 Å². The van der Waals surface area contributed by atoms with Crippen molar-refractivity contribution >= 4 is 17.3 Å². The monoisotopic (exact) mass is 372 g/mol. The van der Waals surface area contributed by atoms with E-state index in [0.29, 0.717) is 12.6 Å². The molecule has 1 aromatic heterocycles. The van der Waals surface area contributed by atoms with Crippen molar-refractivity contribution in [3.05, 3.63) is 46.3 Å². The topological polar surface area (TPSA) is 105 Å². The van der Waals surface area contributed by atoms with Gasteiger partial charge in [0.1, 0.15) is 18.0 Å². The number of nitrogens with one attached hydrogen (secondary N) is 2. The van der Waals surface area contributed by atoms with Crippen molar-refractivity contribution in [3.8, 4) is 5.75 Å². The van der Waals surface area contributed by atoms with Gasteiger partial charge in [0, 0.05) is 44.9 Å². The van der Waals surface area contributed by atoms with Crippen molar-refractivity contribution in [2.24, 2.45) is 0 Å². The van der Waals surface area contributed by atoms with Gasteiger partial charge in [-0.05, 0) is 24.5 Å². The fraction of sp³-hybridized carbons (Fsp3) is 0.444. The number of benzene rings is 1. The largest absolute Gasteiger partial charge is 0.490 e. The van der Waals surface area contributed by atoms with Gasteiger partial charge in [-0.3, -0.25) is 10.1 Å². The number of aromatic nitrogens is 2. The Hall–Kier alpha value is -2.94. The highest BCUT2D eigenvalue weighted by Crippen LogP contribution is 2.28. The van der Waals surface area contributed by atoms with E-state index in [1.807, 2.05) is 19.2 Å². The van der Waals surface area contributed by atoms with Crippen LogP contribution in [0.25, 0.3) is 0 Å². The van der Waals surface area contributed by atoms with Crippen molar-refractivity contribution in [2.75, 3.05) is 37.5 Å². The van der Waals surface area contributed by atoms with Gasteiger partial charge in [-0.15, -0.1) is 0 Å². The Kier molecular flexibility index (Phi) is 6.02. The summed E-state index contributed by atoms with van der Waals surface area (Å²) in [5.74, 6) is 1.98. The lowest BCUT2D eigenvalue weighted by atomic mass is 10.1. The molecule has 27 heavy (non-hydrogen) atoms. The number of methoxy groups -OCH3 is 1. The maximum Gasteiger partial charge on any atom is 0.311 e. The van der Waals surface area contributed by atoms with Crippen LogP contribution in [0.3, 0.4) is 0 Å². The first-order valence-corrected chi connectivity index (χ1v) is 8.91. The van der Waals surface area contributed by atoms with E-state index >= 15 is 0 Å². The standard InChI is InChI=1S/C18H24N6O3/c1-19-17-9-18(22-12-21-17)23-7-3-4-14(23)11-20-10-13-5-6-16(27-2)15(8-13)24(25)26/h5-6,8-9,12,14,20H,3-4,7,10-11H2,1-2H3,(H,19,21,22). The van der Waals surface area contributed by atoms with Gasteiger partial charge in [-0.25, -0.2) is 9.97 Å². The number of hydrogen-bond donors (Lipinski definition) is 2. The number of nitro benzene ring substituents is 1. The van der Waals surface area contributed by atoms with Crippen molar-refractivity contribution in [3.63, 3.8) is 0 Å². The number of nitro groups is 1. The van der Waals surface area contributed by atoms with E-state index in [9.17, 15) is 10.1 Å². The highest BCUT2D eigenvalue weighted by atomic mass is 16.6. The van der Waals surface area contributed by atoms with Crippen LogP contribution in [0.5, 0.6) is 5.75 Å². The van der Waals surface area contributed by atoms with Gasteiger partial charge in [0.25, 0.3) is 0 Å². The Morgan fingerprint density at radius 3 is 2.96 bits per heavy atom. The molecule has 1 aromatic carbocycles. The molecule has 0 spiro atoms. The summed E-state index contributed by atoms with van der Waals surface area (Å²) < 4.78 is 5.04. The van der Waals surface area contributed by atoms with Gasteiger partial charge < -0.3 is 20.3 Å². The molecule has 1 fully saturated rings. The third-order valence-corrected chi connectivity index (χ3v) is 4.73. The molecular formula is C18H24N6O3. The second-order valence-electron chi connectivity index (χ2n) is 6.40. The summed E-state index contributed by atoms with van der Waals surface area (Å²) in [5, 5.41) is 17.6. The minimum absolute atomic E-state index is 0.0140. The van der Waals surface area contributed by atoms with Crippen LogP contribution in [0.2, 0.25) is 0 Å². The van der Waals surface area contributed by atoms with Gasteiger partial charge in [-0.2, -0.15) is 0 Å². The highest BCUT2D eigenvalue weighted by molar-refractivity contribution is 5.50. The van der Waals surface area contributed by atoms with Crippen molar-refractivity contribution in [1.29, 1.82) is 0 Å². The molecule has 1 aliphatic rings. The van der Waals surface area contributed by atoms with Gasteiger partial charge in [-0.1, -0.05) is 6.07 Å². The summed E-state index contributed by atoms with van der Waals surface area (Å²) in [5.41, 5.74) is 0.839. The Labute approximate surface area is 157 Å². The van der Waals surface area contributed by atoms with Crippen molar-refractivity contribution in [1.82, 2.24) is 15.3 Å². The molecular weight excluding hydrogens is 348 g/mol. The molecule has 0 amide bonds. The van der Waals surface area contributed by atoms with Crippen molar-refractivity contribution in [2.45, 2.75) is 25.4 Å². The number of anilines is 2. The lowest BCUT2D eigenvalue weighted by Crippen LogP contribution is -2.38. The fourth-order valence-electron chi connectivity index (χ4n) is 3.36. The fourth-order valence-corrected chi connectivity index (χ4v) is 3.36. The smallest absolute Gasteiger partial charge is 0.311 e. The lowest BCUT2D eigenvalue weighted by Gasteiger charge is -2.26. The van der Waals surface area contributed by atoms with E-state index in [0.717, 1.165) is 43.1 Å². The molecule has 1 saturated heterocycles. The minimum Gasteiger partial charge on any atom is -0.490 e. The van der Waals surface area contributed by atoms with Crippen LogP contribution < -0.4 is 20.3 Å². The Morgan fingerprint density at radius 1 is 1.37 bits per heavy atom. The second kappa shape index (κ2) is 8.63. The zero-order valence-electron chi connectivity index (χ0n) is 15.5. The summed E-state index contributed by atoms with van der Waals surface area (Å²) in [6.07, 6.45) is 3.76. The van der Waals surface area contributed by atoms with Gasteiger partial charge >= 0.3 is 5.69 Å². The number of nitrogens with zero attached hydrogens (tertiary/aromatic N) is 4. The van der Waals surface area contributed by atoms with Crippen LogP contribution in [0.4, 0.5) is 17.3 Å². The van der Waals surface area contributed by atoms with Crippen LogP contribution in [0.15, 0.2) is 30.6 Å². The van der Waals surface area contributed by atoms with Crippen molar-refractivity contribution < 1.29 is 9.66 Å². The summed E-state index contributed by atoms with van der Waals surface area (Å²) in [6, 6.07) is 7.32. The third kappa shape index (κ3) is 4.43. The SMILES string of the molecule is CNc1cc(N2CCCC2CNCc2ccc(OC)c([N+](=O)[O-])c2)ncn1. The Morgan fingerprint density at radius 2 is 2.22 bits per heavy atom. The van der Waals surface area contributed by atoms with Crippen LogP contribution in [-0.4, -0.2) is 48.2 Å². The highest BCUT2D eigenvalue weighted by Gasteiger charge is 2.25. The first-order valence-electron chi connectivity index (χ1n) is 8.91. The molecule has 0 bridgehead atoms. The zero-order valence-corrected chi connectivity index (χ0v) is 15.5. The van der Waals surface area contributed by atoms with Gasteiger partial charge in [0.2, 0.25) is 0 Å². The maximum atomic E-state index is 11.1. The van der Waals surface area contributed by atoms with Gasteiger partial charge in [0.15, 0.2) is 5.75 Å². The van der Waals surface area contributed by atoms with E-state index in [1.165, 1.54) is 7.11 Å². The Bertz CT molecular complexity index is 800. The molecule has 2 N–H and O–H groups in total. The summed E-state index contributed by atoms with van der Waals surface area (Å²) >= 11 is 0. The molecule has 144 valence electrons. The average molecular weight is 372 g/mol. The van der Waals surface area contributed by atoms with Crippen LogP contribution in [0.1, 0.15) is 18.4 Å². The van der Waals surface area contributed by atoms with Crippen LogP contribution in [0, 0.1) is 10.1 Å². The number of hydrogen-bond acceptors (Lipinski definition) is 8. The van der Waals surface area contributed by atoms with Crippen LogP contribution >= 0.6 is 0 Å². The van der Waals surface area contributed by atoms with E-state index in [-0.39, 0.29) is 11.4 Å². The maximum absolute atomic E-state index is 11.1. The molecule has 9 nitrogen and oxygen atoms in total. The Balaban J connectivity index is 1.61. The summed E-state index contributed by atoms with van der Waals surface area (Å²) in [7, 11) is 3.27. The molecule has 2 heterocycles. The summed E-state index contributed by atoms with van der Waals surface area (Å²) in [4.78, 5) is 21.6.